The van der Waals surface area contributed by atoms with E-state index in [0.717, 1.165) is 36.9 Å². The lowest BCUT2D eigenvalue weighted by Gasteiger charge is -2.20. The highest BCUT2D eigenvalue weighted by Crippen LogP contribution is 2.25. The summed E-state index contributed by atoms with van der Waals surface area (Å²) in [7, 11) is 0. The molecule has 0 atom stereocenters. The van der Waals surface area contributed by atoms with Crippen molar-refractivity contribution >= 4 is 12.1 Å². The highest BCUT2D eigenvalue weighted by atomic mass is 16.6. The third-order valence-corrected chi connectivity index (χ3v) is 3.72. The summed E-state index contributed by atoms with van der Waals surface area (Å²) in [5.74, 6) is -0.366. The van der Waals surface area contributed by atoms with Crippen molar-refractivity contribution in [2.75, 3.05) is 13.2 Å². The molecule has 0 unspecified atom stereocenters. The maximum absolute atomic E-state index is 12.1. The van der Waals surface area contributed by atoms with Crippen LogP contribution in [0.4, 0.5) is 4.79 Å². The van der Waals surface area contributed by atoms with Gasteiger partial charge in [-0.3, -0.25) is 4.68 Å². The standard InChI is InChI=1S/C17H27N3O4/c1-5-23-15(21)14-12-8-6-7-9-13(12)20(19-14)11-10-18-16(22)24-17(2,3)4/h5-11H2,1-4H3,(H,18,22). The number of hydrogen-bond donors (Lipinski definition) is 1. The van der Waals surface area contributed by atoms with Crippen LogP contribution in [-0.2, 0) is 28.9 Å². The summed E-state index contributed by atoms with van der Waals surface area (Å²) in [6, 6.07) is 0. The number of nitrogens with zero attached hydrogens (tertiary/aromatic N) is 2. The fraction of sp³-hybridized carbons (Fsp3) is 0.706. The molecule has 134 valence electrons. The molecule has 1 aromatic rings. The van der Waals surface area contributed by atoms with Gasteiger partial charge in [-0.25, -0.2) is 9.59 Å². The minimum absolute atomic E-state index is 0.334. The van der Waals surface area contributed by atoms with E-state index in [-0.39, 0.29) is 5.97 Å². The minimum Gasteiger partial charge on any atom is -0.461 e. The van der Waals surface area contributed by atoms with Gasteiger partial charge >= 0.3 is 12.1 Å². The van der Waals surface area contributed by atoms with E-state index in [1.54, 1.807) is 6.92 Å². The topological polar surface area (TPSA) is 82.5 Å². The molecule has 0 aromatic carbocycles. The maximum atomic E-state index is 12.1. The largest absolute Gasteiger partial charge is 0.461 e. The molecule has 7 nitrogen and oxygen atoms in total. The van der Waals surface area contributed by atoms with Gasteiger partial charge in [-0.1, -0.05) is 0 Å². The van der Waals surface area contributed by atoms with Crippen molar-refractivity contribution in [2.24, 2.45) is 0 Å². The molecule has 1 aromatic heterocycles. The number of ether oxygens (including phenoxy) is 2. The number of hydrogen-bond acceptors (Lipinski definition) is 5. The smallest absolute Gasteiger partial charge is 0.407 e. The number of nitrogens with one attached hydrogen (secondary N) is 1. The molecule has 1 aliphatic carbocycles. The van der Waals surface area contributed by atoms with Crippen LogP contribution in [0, 0.1) is 0 Å². The molecular formula is C17H27N3O4. The van der Waals surface area contributed by atoms with Gasteiger partial charge in [0.25, 0.3) is 0 Å². The molecule has 1 amide bonds. The fourth-order valence-corrected chi connectivity index (χ4v) is 2.80. The maximum Gasteiger partial charge on any atom is 0.407 e. The van der Waals surface area contributed by atoms with E-state index >= 15 is 0 Å². The Kier molecular flexibility index (Phi) is 5.85. The van der Waals surface area contributed by atoms with E-state index in [1.807, 2.05) is 25.5 Å². The number of amides is 1. The van der Waals surface area contributed by atoms with Crippen molar-refractivity contribution in [3.05, 3.63) is 17.0 Å². The van der Waals surface area contributed by atoms with Crippen LogP contribution in [0.3, 0.4) is 0 Å². The summed E-state index contributed by atoms with van der Waals surface area (Å²) in [6.07, 6.45) is 3.44. The molecule has 0 spiro atoms. The third kappa shape index (κ3) is 4.72. The summed E-state index contributed by atoms with van der Waals surface area (Å²) in [5, 5.41) is 7.15. The Morgan fingerprint density at radius 2 is 1.96 bits per heavy atom. The predicted octanol–water partition coefficient (Wildman–Crippen LogP) is 2.46. The summed E-state index contributed by atoms with van der Waals surface area (Å²) >= 11 is 0. The van der Waals surface area contributed by atoms with Gasteiger partial charge in [0.2, 0.25) is 0 Å². The summed E-state index contributed by atoms with van der Waals surface area (Å²) < 4.78 is 12.1. The van der Waals surface area contributed by atoms with Crippen LogP contribution in [0.2, 0.25) is 0 Å². The van der Waals surface area contributed by atoms with Crippen molar-refractivity contribution < 1.29 is 19.1 Å². The lowest BCUT2D eigenvalue weighted by molar-refractivity contribution is 0.0506. The molecule has 0 fully saturated rings. The van der Waals surface area contributed by atoms with Gasteiger partial charge in [-0.05, 0) is 53.4 Å². The molecule has 0 aliphatic heterocycles. The van der Waals surface area contributed by atoms with Crippen molar-refractivity contribution in [3.63, 3.8) is 0 Å². The molecule has 0 saturated heterocycles. The zero-order valence-corrected chi connectivity index (χ0v) is 15.0. The molecule has 7 heteroatoms. The van der Waals surface area contributed by atoms with Crippen LogP contribution in [0.15, 0.2) is 0 Å². The van der Waals surface area contributed by atoms with Crippen LogP contribution in [0.1, 0.15) is 62.3 Å². The fourth-order valence-electron chi connectivity index (χ4n) is 2.80. The Bertz CT molecular complexity index is 602. The lowest BCUT2D eigenvalue weighted by Crippen LogP contribution is -2.34. The van der Waals surface area contributed by atoms with Gasteiger partial charge in [0.1, 0.15) is 5.60 Å². The summed E-state index contributed by atoms with van der Waals surface area (Å²) in [5.41, 5.74) is 1.97. The quantitative estimate of drug-likeness (QED) is 0.835. The summed E-state index contributed by atoms with van der Waals surface area (Å²) in [6.45, 7) is 8.48. The molecule has 0 bridgehead atoms. The number of aromatic nitrogens is 2. The molecule has 2 rings (SSSR count). The molecule has 1 N–H and O–H groups in total. The Morgan fingerprint density at radius 3 is 2.62 bits per heavy atom. The van der Waals surface area contributed by atoms with E-state index in [4.69, 9.17) is 9.47 Å². The van der Waals surface area contributed by atoms with Crippen molar-refractivity contribution in [1.29, 1.82) is 0 Å². The number of carbonyl (C=O) groups excluding carboxylic acids is 2. The molecular weight excluding hydrogens is 310 g/mol. The van der Waals surface area contributed by atoms with Crippen LogP contribution < -0.4 is 5.32 Å². The number of fused-ring (bicyclic) bond motifs is 1. The zero-order valence-electron chi connectivity index (χ0n) is 15.0. The minimum atomic E-state index is -0.522. The van der Waals surface area contributed by atoms with Gasteiger partial charge < -0.3 is 14.8 Å². The van der Waals surface area contributed by atoms with E-state index < -0.39 is 11.7 Å². The van der Waals surface area contributed by atoms with E-state index in [0.29, 0.717) is 25.4 Å². The normalized spacial score (nSPS) is 14.0. The molecule has 0 saturated carbocycles. The first-order chi connectivity index (χ1) is 11.3. The Hall–Kier alpha value is -2.05. The number of carbonyl (C=O) groups is 2. The molecule has 0 radical (unpaired) electrons. The first-order valence-electron chi connectivity index (χ1n) is 8.54. The van der Waals surface area contributed by atoms with Gasteiger partial charge in [-0.2, -0.15) is 5.10 Å². The SMILES string of the molecule is CCOC(=O)c1nn(CCNC(=O)OC(C)(C)C)c2c1CCCC2. The third-order valence-electron chi connectivity index (χ3n) is 3.72. The molecule has 1 aliphatic rings. The summed E-state index contributed by atoms with van der Waals surface area (Å²) in [4.78, 5) is 23.8. The van der Waals surface area contributed by atoms with Crippen LogP contribution >= 0.6 is 0 Å². The lowest BCUT2D eigenvalue weighted by atomic mass is 9.95. The van der Waals surface area contributed by atoms with E-state index in [1.165, 1.54) is 0 Å². The van der Waals surface area contributed by atoms with Gasteiger partial charge in [-0.15, -0.1) is 0 Å². The number of rotatable bonds is 5. The Labute approximate surface area is 142 Å². The number of alkyl carbamates (subject to hydrolysis) is 1. The average molecular weight is 337 g/mol. The molecule has 1 heterocycles. The average Bonchev–Trinajstić information content (AvgIpc) is 2.85. The Balaban J connectivity index is 2.02. The van der Waals surface area contributed by atoms with Gasteiger partial charge in [0, 0.05) is 17.8 Å². The highest BCUT2D eigenvalue weighted by molar-refractivity contribution is 5.89. The van der Waals surface area contributed by atoms with E-state index in [2.05, 4.69) is 10.4 Å². The highest BCUT2D eigenvalue weighted by Gasteiger charge is 2.25. The van der Waals surface area contributed by atoms with Gasteiger partial charge in [0.15, 0.2) is 5.69 Å². The second kappa shape index (κ2) is 7.68. The zero-order chi connectivity index (χ0) is 17.7. The second-order valence-corrected chi connectivity index (χ2v) is 6.85. The first kappa shape index (κ1) is 18.3. The van der Waals surface area contributed by atoms with Crippen molar-refractivity contribution in [1.82, 2.24) is 15.1 Å². The first-order valence-corrected chi connectivity index (χ1v) is 8.54. The second-order valence-electron chi connectivity index (χ2n) is 6.85. The monoisotopic (exact) mass is 337 g/mol. The van der Waals surface area contributed by atoms with Gasteiger partial charge in [0.05, 0.1) is 13.2 Å². The van der Waals surface area contributed by atoms with Crippen LogP contribution in [-0.4, -0.2) is 40.6 Å². The van der Waals surface area contributed by atoms with Crippen LogP contribution in [0.5, 0.6) is 0 Å². The van der Waals surface area contributed by atoms with Crippen LogP contribution in [0.25, 0.3) is 0 Å². The number of esters is 1. The Morgan fingerprint density at radius 1 is 1.25 bits per heavy atom. The van der Waals surface area contributed by atoms with E-state index in [9.17, 15) is 9.59 Å². The molecule has 24 heavy (non-hydrogen) atoms. The van der Waals surface area contributed by atoms with Crippen molar-refractivity contribution in [3.8, 4) is 0 Å². The predicted molar refractivity (Wildman–Crippen MR) is 89.1 cm³/mol. The van der Waals surface area contributed by atoms with Crippen molar-refractivity contribution in [2.45, 2.75) is 65.5 Å².